The largest absolute Gasteiger partial charge is 0.272 e. The fraction of sp³-hybridized carbons (Fsp3) is 0.0833. The third kappa shape index (κ3) is 8.27. The minimum atomic E-state index is 0.857. The Morgan fingerprint density at radius 3 is 1.92 bits per heavy atom. The van der Waals surface area contributed by atoms with Crippen LogP contribution >= 0.6 is 0 Å². The Balaban J connectivity index is 0. The Morgan fingerprint density at radius 1 is 1.08 bits per heavy atom. The Labute approximate surface area is 81.2 Å². The summed E-state index contributed by atoms with van der Waals surface area (Å²) in [5.41, 5.74) is 1.75. The van der Waals surface area contributed by atoms with E-state index < -0.39 is 0 Å². The van der Waals surface area contributed by atoms with Crippen LogP contribution in [0.1, 0.15) is 6.92 Å². The zero-order chi connectivity index (χ0) is 10.7. The molecule has 13 heavy (non-hydrogen) atoms. The second-order valence-electron chi connectivity index (χ2n) is 2.05. The first-order valence-corrected chi connectivity index (χ1v) is 3.85. The van der Waals surface area contributed by atoms with Crippen molar-refractivity contribution in [1.82, 2.24) is 0 Å². The fourth-order valence-electron chi connectivity index (χ4n) is 0.558. The highest BCUT2D eigenvalue weighted by atomic mass is 14.6. The topological polar surface area (TPSA) is 12.4 Å². The van der Waals surface area contributed by atoms with Gasteiger partial charge in [-0.3, -0.25) is 4.99 Å². The molecule has 0 amide bonds. The summed E-state index contributed by atoms with van der Waals surface area (Å²) < 4.78 is 0. The molecule has 0 N–H and O–H groups in total. The standard InChI is InChI=1S/C10H13N.C2H4/c1-5-6-9(2)10(3)7-8-11-4;1-2/h5-8H,2-4H2,1H3;1-2H2/b6-5-,8-7-;. The van der Waals surface area contributed by atoms with Gasteiger partial charge in [0.15, 0.2) is 0 Å². The van der Waals surface area contributed by atoms with Crippen molar-refractivity contribution in [2.24, 2.45) is 4.99 Å². The van der Waals surface area contributed by atoms with Crippen molar-refractivity contribution in [3.63, 3.8) is 0 Å². The molecule has 70 valence electrons. The molecule has 0 heterocycles. The van der Waals surface area contributed by atoms with E-state index in [1.165, 1.54) is 0 Å². The maximum absolute atomic E-state index is 3.80. The first kappa shape index (κ1) is 13.9. The molecular weight excluding hydrogens is 158 g/mol. The Bertz CT molecular complexity index is 232. The van der Waals surface area contributed by atoms with E-state index in [-0.39, 0.29) is 0 Å². The highest BCUT2D eigenvalue weighted by Gasteiger charge is 1.88. The third-order valence-electron chi connectivity index (χ3n) is 1.16. The lowest BCUT2D eigenvalue weighted by Crippen LogP contribution is -1.76. The van der Waals surface area contributed by atoms with Gasteiger partial charge in [-0.1, -0.05) is 25.3 Å². The molecule has 0 aliphatic carbocycles. The molecular formula is C12H17N. The number of hydrogen-bond donors (Lipinski definition) is 0. The molecule has 0 aliphatic heterocycles. The smallest absolute Gasteiger partial charge is 0.0266 e. The van der Waals surface area contributed by atoms with Crippen LogP contribution in [-0.2, 0) is 0 Å². The van der Waals surface area contributed by atoms with Crippen LogP contribution in [0.4, 0.5) is 0 Å². The molecule has 0 atom stereocenters. The zero-order valence-electron chi connectivity index (χ0n) is 8.29. The third-order valence-corrected chi connectivity index (χ3v) is 1.16. The van der Waals surface area contributed by atoms with Crippen LogP contribution < -0.4 is 0 Å². The molecule has 0 saturated carbocycles. The second-order valence-corrected chi connectivity index (χ2v) is 2.05. The van der Waals surface area contributed by atoms with E-state index in [9.17, 15) is 0 Å². The van der Waals surface area contributed by atoms with Gasteiger partial charge in [0, 0.05) is 6.20 Å². The zero-order valence-corrected chi connectivity index (χ0v) is 8.29. The van der Waals surface area contributed by atoms with Crippen molar-refractivity contribution in [2.45, 2.75) is 6.92 Å². The lowest BCUT2D eigenvalue weighted by Gasteiger charge is -1.95. The van der Waals surface area contributed by atoms with Crippen molar-refractivity contribution in [1.29, 1.82) is 0 Å². The van der Waals surface area contributed by atoms with Crippen molar-refractivity contribution in [3.05, 3.63) is 61.9 Å². The number of rotatable bonds is 4. The van der Waals surface area contributed by atoms with Gasteiger partial charge in [-0.05, 0) is 30.9 Å². The summed E-state index contributed by atoms with van der Waals surface area (Å²) in [6.45, 7) is 18.8. The van der Waals surface area contributed by atoms with Crippen LogP contribution in [0, 0.1) is 0 Å². The Kier molecular flexibility index (Phi) is 11.1. The van der Waals surface area contributed by atoms with E-state index in [4.69, 9.17) is 0 Å². The van der Waals surface area contributed by atoms with Crippen LogP contribution in [-0.4, -0.2) is 6.72 Å². The predicted octanol–water partition coefficient (Wildman–Crippen LogP) is 3.69. The van der Waals surface area contributed by atoms with Gasteiger partial charge in [-0.25, -0.2) is 0 Å². The molecule has 0 bridgehead atoms. The minimum absolute atomic E-state index is 0.857. The molecule has 0 spiro atoms. The SMILES string of the molecule is C=C.C=N/C=C\C(=C)C(=C)/C=C\C. The minimum Gasteiger partial charge on any atom is -0.272 e. The maximum atomic E-state index is 3.80. The molecule has 0 radical (unpaired) electrons. The number of allylic oxidation sites excluding steroid dienone is 5. The average Bonchev–Trinajstić information content (AvgIpc) is 2.17. The highest BCUT2D eigenvalue weighted by molar-refractivity contribution is 5.42. The van der Waals surface area contributed by atoms with E-state index in [0.29, 0.717) is 0 Å². The summed E-state index contributed by atoms with van der Waals surface area (Å²) in [7, 11) is 0. The van der Waals surface area contributed by atoms with Gasteiger partial charge in [0.05, 0.1) is 0 Å². The van der Waals surface area contributed by atoms with Crippen LogP contribution in [0.2, 0.25) is 0 Å². The van der Waals surface area contributed by atoms with Gasteiger partial charge in [0.25, 0.3) is 0 Å². The molecule has 0 aromatic carbocycles. The van der Waals surface area contributed by atoms with E-state index >= 15 is 0 Å². The van der Waals surface area contributed by atoms with Crippen LogP contribution in [0.5, 0.6) is 0 Å². The van der Waals surface area contributed by atoms with Crippen LogP contribution in [0.25, 0.3) is 0 Å². The average molecular weight is 175 g/mol. The molecule has 0 unspecified atom stereocenters. The van der Waals surface area contributed by atoms with Crippen LogP contribution in [0.3, 0.4) is 0 Å². The molecule has 1 nitrogen and oxygen atoms in total. The molecule has 0 fully saturated rings. The quantitative estimate of drug-likeness (QED) is 0.351. The monoisotopic (exact) mass is 175 g/mol. The second kappa shape index (κ2) is 10.4. The molecule has 0 aromatic rings. The van der Waals surface area contributed by atoms with Crippen molar-refractivity contribution in [2.75, 3.05) is 0 Å². The first-order valence-electron chi connectivity index (χ1n) is 3.85. The summed E-state index contributed by atoms with van der Waals surface area (Å²) in [4.78, 5) is 3.56. The normalized spacial score (nSPS) is 9.31. The summed E-state index contributed by atoms with van der Waals surface area (Å²) in [6, 6.07) is 0. The molecule has 0 aliphatic rings. The van der Waals surface area contributed by atoms with Gasteiger partial charge >= 0.3 is 0 Å². The van der Waals surface area contributed by atoms with Crippen LogP contribution in [0.15, 0.2) is 66.9 Å². The predicted molar refractivity (Wildman–Crippen MR) is 63.0 cm³/mol. The van der Waals surface area contributed by atoms with Gasteiger partial charge in [0.2, 0.25) is 0 Å². The van der Waals surface area contributed by atoms with E-state index in [0.717, 1.165) is 11.1 Å². The van der Waals surface area contributed by atoms with Crippen molar-refractivity contribution in [3.8, 4) is 0 Å². The lowest BCUT2D eigenvalue weighted by atomic mass is 10.1. The summed E-state index contributed by atoms with van der Waals surface area (Å²) in [6.07, 6.45) is 7.19. The summed E-state index contributed by atoms with van der Waals surface area (Å²) in [5.74, 6) is 0. The van der Waals surface area contributed by atoms with Gasteiger partial charge in [0.1, 0.15) is 0 Å². The Hall–Kier alpha value is -1.63. The molecule has 1 heteroatoms. The van der Waals surface area contributed by atoms with Gasteiger partial charge in [-0.2, -0.15) is 0 Å². The van der Waals surface area contributed by atoms with E-state index in [1.807, 2.05) is 19.1 Å². The highest BCUT2D eigenvalue weighted by Crippen LogP contribution is 2.07. The summed E-state index contributed by atoms with van der Waals surface area (Å²) in [5, 5.41) is 0. The molecule has 0 aromatic heterocycles. The number of aliphatic imine (C=N–C) groups is 1. The first-order chi connectivity index (χ1) is 6.22. The molecule has 0 rings (SSSR count). The van der Waals surface area contributed by atoms with E-state index in [2.05, 4.69) is 38.0 Å². The lowest BCUT2D eigenvalue weighted by molar-refractivity contribution is 1.52. The number of hydrogen-bond acceptors (Lipinski definition) is 1. The maximum Gasteiger partial charge on any atom is 0.0266 e. The van der Waals surface area contributed by atoms with E-state index in [1.54, 1.807) is 12.3 Å². The van der Waals surface area contributed by atoms with Crippen molar-refractivity contribution >= 4 is 6.72 Å². The Morgan fingerprint density at radius 2 is 1.54 bits per heavy atom. The van der Waals surface area contributed by atoms with Gasteiger partial charge < -0.3 is 0 Å². The van der Waals surface area contributed by atoms with Gasteiger partial charge in [-0.15, -0.1) is 13.2 Å². The summed E-state index contributed by atoms with van der Waals surface area (Å²) >= 11 is 0. The number of nitrogens with zero attached hydrogens (tertiary/aromatic N) is 1. The van der Waals surface area contributed by atoms with Crippen molar-refractivity contribution < 1.29 is 0 Å². The fourth-order valence-corrected chi connectivity index (χ4v) is 0.558. The molecule has 0 saturated heterocycles.